The monoisotopic (exact) mass is 261 g/mol. The fourth-order valence-corrected chi connectivity index (χ4v) is 2.10. The van der Waals surface area contributed by atoms with Crippen molar-refractivity contribution in [2.45, 2.75) is 32.7 Å². The van der Waals surface area contributed by atoms with E-state index in [2.05, 4.69) is 29.8 Å². The van der Waals surface area contributed by atoms with Crippen LogP contribution < -0.4 is 10.5 Å². The van der Waals surface area contributed by atoms with Crippen LogP contribution in [-0.2, 0) is 0 Å². The van der Waals surface area contributed by atoms with Gasteiger partial charge in [-0.15, -0.1) is 0 Å². The van der Waals surface area contributed by atoms with Gasteiger partial charge in [0, 0.05) is 13.1 Å². The first-order chi connectivity index (χ1) is 9.06. The standard InChI is InChI=1S/C15H23N3O/c1-11-8-12(2)10-14(9-11)19-7-6-17-15(16)18(3)13-4-5-13/h8-10,13H,4-7H2,1-3H3,(H2,16,17). The molecule has 1 fully saturated rings. The molecule has 4 heteroatoms. The Kier molecular flexibility index (Phi) is 4.30. The summed E-state index contributed by atoms with van der Waals surface area (Å²) in [6.45, 7) is 5.29. The zero-order chi connectivity index (χ0) is 13.8. The number of nitrogens with two attached hydrogens (primary N) is 1. The van der Waals surface area contributed by atoms with Crippen LogP contribution in [0.3, 0.4) is 0 Å². The van der Waals surface area contributed by atoms with Crippen LogP contribution in [0.4, 0.5) is 0 Å². The Morgan fingerprint density at radius 2 is 1.95 bits per heavy atom. The van der Waals surface area contributed by atoms with Gasteiger partial charge in [0.25, 0.3) is 0 Å². The molecule has 1 saturated carbocycles. The lowest BCUT2D eigenvalue weighted by atomic mass is 10.1. The molecular formula is C15H23N3O. The second-order valence-electron chi connectivity index (χ2n) is 5.25. The van der Waals surface area contributed by atoms with Gasteiger partial charge in [-0.25, -0.2) is 4.99 Å². The van der Waals surface area contributed by atoms with Crippen LogP contribution in [0.25, 0.3) is 0 Å². The van der Waals surface area contributed by atoms with E-state index in [1.54, 1.807) is 0 Å². The molecule has 0 aromatic heterocycles. The van der Waals surface area contributed by atoms with Gasteiger partial charge in [-0.3, -0.25) is 0 Å². The molecule has 0 heterocycles. The molecule has 2 N–H and O–H groups in total. The maximum atomic E-state index is 5.91. The molecule has 0 bridgehead atoms. The van der Waals surface area contributed by atoms with Gasteiger partial charge in [-0.2, -0.15) is 0 Å². The lowest BCUT2D eigenvalue weighted by Crippen LogP contribution is -2.36. The minimum absolute atomic E-state index is 0.558. The average Bonchev–Trinajstić information content (AvgIpc) is 3.16. The Balaban J connectivity index is 1.78. The van der Waals surface area contributed by atoms with Crippen LogP contribution in [0.15, 0.2) is 23.2 Å². The Labute approximate surface area is 115 Å². The lowest BCUT2D eigenvalue weighted by Gasteiger charge is -2.16. The van der Waals surface area contributed by atoms with Crippen molar-refractivity contribution in [3.05, 3.63) is 29.3 Å². The van der Waals surface area contributed by atoms with Crippen molar-refractivity contribution in [2.75, 3.05) is 20.2 Å². The summed E-state index contributed by atoms with van der Waals surface area (Å²) in [5, 5.41) is 0. The van der Waals surface area contributed by atoms with Crippen LogP contribution in [0.5, 0.6) is 5.75 Å². The number of rotatable bonds is 5. The maximum Gasteiger partial charge on any atom is 0.191 e. The van der Waals surface area contributed by atoms with E-state index in [4.69, 9.17) is 10.5 Å². The second-order valence-corrected chi connectivity index (χ2v) is 5.25. The largest absolute Gasteiger partial charge is 0.492 e. The van der Waals surface area contributed by atoms with Gasteiger partial charge in [0.05, 0.1) is 6.54 Å². The minimum atomic E-state index is 0.558. The molecule has 104 valence electrons. The minimum Gasteiger partial charge on any atom is -0.492 e. The molecule has 1 aromatic rings. The van der Waals surface area contributed by atoms with E-state index >= 15 is 0 Å². The highest BCUT2D eigenvalue weighted by Gasteiger charge is 2.27. The maximum absolute atomic E-state index is 5.91. The molecular weight excluding hydrogens is 238 g/mol. The fraction of sp³-hybridized carbons (Fsp3) is 0.533. The SMILES string of the molecule is Cc1cc(C)cc(OCCN=C(N)N(C)C2CC2)c1. The van der Waals surface area contributed by atoms with Crippen LogP contribution >= 0.6 is 0 Å². The summed E-state index contributed by atoms with van der Waals surface area (Å²) in [4.78, 5) is 6.39. The number of benzene rings is 1. The van der Waals surface area contributed by atoms with Crippen molar-refractivity contribution >= 4 is 5.96 Å². The van der Waals surface area contributed by atoms with Gasteiger partial charge in [-0.05, 0) is 49.9 Å². The van der Waals surface area contributed by atoms with Crippen LogP contribution in [0, 0.1) is 13.8 Å². The summed E-state index contributed by atoms with van der Waals surface area (Å²) < 4.78 is 5.69. The summed E-state index contributed by atoms with van der Waals surface area (Å²) in [7, 11) is 2.00. The van der Waals surface area contributed by atoms with Crippen LogP contribution in [0.2, 0.25) is 0 Å². The van der Waals surface area contributed by atoms with Gasteiger partial charge < -0.3 is 15.4 Å². The van der Waals surface area contributed by atoms with E-state index in [-0.39, 0.29) is 0 Å². The third kappa shape index (κ3) is 4.16. The Morgan fingerprint density at radius 1 is 1.32 bits per heavy atom. The highest BCUT2D eigenvalue weighted by Crippen LogP contribution is 2.24. The van der Waals surface area contributed by atoms with E-state index in [1.807, 2.05) is 19.2 Å². The molecule has 0 radical (unpaired) electrons. The average molecular weight is 261 g/mol. The number of hydrogen-bond donors (Lipinski definition) is 1. The molecule has 0 saturated heterocycles. The van der Waals surface area contributed by atoms with Gasteiger partial charge in [-0.1, -0.05) is 6.07 Å². The van der Waals surface area contributed by atoms with Crippen LogP contribution in [0.1, 0.15) is 24.0 Å². The Bertz CT molecular complexity index is 446. The van der Waals surface area contributed by atoms with Crippen molar-refractivity contribution in [3.8, 4) is 5.75 Å². The molecule has 2 rings (SSSR count). The summed E-state index contributed by atoms with van der Waals surface area (Å²) in [5.41, 5.74) is 8.33. The molecule has 19 heavy (non-hydrogen) atoms. The molecule has 1 aliphatic carbocycles. The summed E-state index contributed by atoms with van der Waals surface area (Å²) in [5.74, 6) is 1.52. The van der Waals surface area contributed by atoms with E-state index in [0.29, 0.717) is 25.2 Å². The number of nitrogens with zero attached hydrogens (tertiary/aromatic N) is 2. The second kappa shape index (κ2) is 5.95. The number of guanidine groups is 1. The van der Waals surface area contributed by atoms with E-state index < -0.39 is 0 Å². The number of hydrogen-bond acceptors (Lipinski definition) is 2. The lowest BCUT2D eigenvalue weighted by molar-refractivity contribution is 0.327. The van der Waals surface area contributed by atoms with Crippen molar-refractivity contribution in [3.63, 3.8) is 0 Å². The molecule has 0 atom stereocenters. The third-order valence-electron chi connectivity index (χ3n) is 3.28. The van der Waals surface area contributed by atoms with Gasteiger partial charge in [0.15, 0.2) is 5.96 Å². The highest BCUT2D eigenvalue weighted by molar-refractivity contribution is 5.78. The zero-order valence-electron chi connectivity index (χ0n) is 12.0. The first-order valence-electron chi connectivity index (χ1n) is 6.80. The smallest absolute Gasteiger partial charge is 0.191 e. The summed E-state index contributed by atoms with van der Waals surface area (Å²) >= 11 is 0. The molecule has 0 amide bonds. The predicted molar refractivity (Wildman–Crippen MR) is 78.7 cm³/mol. The number of ether oxygens (including phenoxy) is 1. The molecule has 1 aromatic carbocycles. The third-order valence-corrected chi connectivity index (χ3v) is 3.28. The van der Waals surface area contributed by atoms with E-state index in [1.165, 1.54) is 24.0 Å². The normalized spacial score (nSPS) is 15.4. The topological polar surface area (TPSA) is 50.9 Å². The van der Waals surface area contributed by atoms with Crippen LogP contribution in [-0.4, -0.2) is 37.1 Å². The molecule has 0 unspecified atom stereocenters. The van der Waals surface area contributed by atoms with Gasteiger partial charge in [0.2, 0.25) is 0 Å². The molecule has 0 aliphatic heterocycles. The summed E-state index contributed by atoms with van der Waals surface area (Å²) in [6, 6.07) is 6.81. The van der Waals surface area contributed by atoms with E-state index in [0.717, 1.165) is 5.75 Å². The van der Waals surface area contributed by atoms with Crippen molar-refractivity contribution in [1.29, 1.82) is 0 Å². The van der Waals surface area contributed by atoms with E-state index in [9.17, 15) is 0 Å². The Morgan fingerprint density at radius 3 is 2.53 bits per heavy atom. The van der Waals surface area contributed by atoms with Crippen molar-refractivity contribution in [1.82, 2.24) is 4.90 Å². The molecule has 1 aliphatic rings. The predicted octanol–water partition coefficient (Wildman–Crippen LogP) is 2.09. The highest BCUT2D eigenvalue weighted by atomic mass is 16.5. The summed E-state index contributed by atoms with van der Waals surface area (Å²) in [6.07, 6.45) is 2.46. The first kappa shape index (κ1) is 13.7. The van der Waals surface area contributed by atoms with Crippen molar-refractivity contribution < 1.29 is 4.74 Å². The zero-order valence-corrected chi connectivity index (χ0v) is 12.0. The van der Waals surface area contributed by atoms with Gasteiger partial charge >= 0.3 is 0 Å². The Hall–Kier alpha value is -1.71. The fourth-order valence-electron chi connectivity index (χ4n) is 2.10. The van der Waals surface area contributed by atoms with Gasteiger partial charge in [0.1, 0.15) is 12.4 Å². The van der Waals surface area contributed by atoms with Crippen molar-refractivity contribution in [2.24, 2.45) is 10.7 Å². The molecule has 0 spiro atoms. The quantitative estimate of drug-likeness (QED) is 0.501. The number of aryl methyl sites for hydroxylation is 2. The number of aliphatic imine (C=N–C) groups is 1. The molecule has 4 nitrogen and oxygen atoms in total. The first-order valence-corrected chi connectivity index (χ1v) is 6.80.